The van der Waals surface area contributed by atoms with Crippen molar-refractivity contribution >= 4 is 47.8 Å². The second-order valence-electron chi connectivity index (χ2n) is 19.4. The molecule has 490 valence electrons. The smallest absolute Gasteiger partial charge is 0.343 e. The van der Waals surface area contributed by atoms with E-state index in [0.29, 0.717) is 97.1 Å². The maximum absolute atomic E-state index is 13.5. The van der Waals surface area contributed by atoms with Crippen molar-refractivity contribution < 1.29 is 168 Å². The first-order chi connectivity index (χ1) is 45.2. The molecule has 0 saturated carbocycles. The van der Waals surface area contributed by atoms with Crippen molar-refractivity contribution in [2.75, 3.05) is 0 Å². The van der Waals surface area contributed by atoms with E-state index in [-0.39, 0.29) is 5.75 Å². The third-order valence-corrected chi connectivity index (χ3v) is 12.8. The molecule has 0 spiro atoms. The summed E-state index contributed by atoms with van der Waals surface area (Å²) in [6.07, 6.45) is 0. The van der Waals surface area contributed by atoms with E-state index in [1.165, 1.54) is 6.07 Å². The van der Waals surface area contributed by atoms with Crippen LogP contribution in [0.5, 0.6) is 149 Å². The standard InChI is InChI=1S/C62H38O34/c63-31-4-21(5-32(64)47(31)73)57(83)91-43-16-25(10-37(69)51(43)77)59(85)93-41-14-23(8-35(67)49(41)75)55(81)89-29-2-1-3-30(20-29)90-56(82)24-9-36(68)50(76)42(15-24)94-60(86)27-12-39(71)53(79)45(18-27)96-62(88)28-13-40(72)54(80)46(19-28)95-61(87)26-11-38(70)52(78)44(17-26)92-58(84)22-6-33(65)48(74)34(66)7-22/h1-20,63-80H. The molecule has 18 N–H and O–H groups in total. The van der Waals surface area contributed by atoms with Crippen molar-refractivity contribution in [3.8, 4) is 149 Å². The van der Waals surface area contributed by atoms with Gasteiger partial charge in [-0.1, -0.05) is 6.07 Å². The van der Waals surface area contributed by atoms with Crippen molar-refractivity contribution in [2.45, 2.75) is 0 Å². The van der Waals surface area contributed by atoms with Gasteiger partial charge in [-0.15, -0.1) is 0 Å². The third-order valence-electron chi connectivity index (χ3n) is 12.8. The van der Waals surface area contributed by atoms with Crippen LogP contribution in [0.15, 0.2) is 121 Å². The van der Waals surface area contributed by atoms with Gasteiger partial charge in [0.25, 0.3) is 0 Å². The number of hydrogen-bond acceptors (Lipinski definition) is 34. The van der Waals surface area contributed by atoms with Crippen LogP contribution in [-0.4, -0.2) is 140 Å². The van der Waals surface area contributed by atoms with Crippen LogP contribution in [0.2, 0.25) is 0 Å². The SMILES string of the molecule is O=C(Oc1cccc(OC(=O)c2cc(O)c(O)c(OC(=O)c3cc(O)c(O)c(OC(=O)c4cc(O)c(O)c(OC(=O)c5cc(O)c(O)c(OC(=O)c6cc(O)c(O)c(O)c6)c5)c4)c3)c2)c1)c1cc(O)c(O)c(OC(=O)c2cc(O)c(O)c(OC(=O)c3cc(O)c(O)c(O)c3)c2)c1. The van der Waals surface area contributed by atoms with E-state index in [9.17, 15) is 130 Å². The Labute approximate surface area is 529 Å². The number of rotatable bonds is 16. The van der Waals surface area contributed by atoms with Crippen LogP contribution < -0.4 is 37.9 Å². The summed E-state index contributed by atoms with van der Waals surface area (Å²) >= 11 is 0. The molecule has 0 amide bonds. The number of carbonyl (C=O) groups excluding carboxylic acids is 8. The maximum Gasteiger partial charge on any atom is 0.343 e. The van der Waals surface area contributed by atoms with Crippen LogP contribution in [0, 0.1) is 0 Å². The van der Waals surface area contributed by atoms with Crippen molar-refractivity contribution in [1.29, 1.82) is 0 Å². The molecular weight excluding hydrogens is 1290 g/mol. The first kappa shape index (κ1) is 65.6. The highest BCUT2D eigenvalue weighted by atomic mass is 16.6. The third kappa shape index (κ3) is 13.8. The largest absolute Gasteiger partial charge is 0.504 e. The fourth-order valence-corrected chi connectivity index (χ4v) is 8.06. The molecule has 9 rings (SSSR count). The number of phenols is 18. The van der Waals surface area contributed by atoms with Crippen LogP contribution in [0.4, 0.5) is 0 Å². The monoisotopic (exact) mass is 1330 g/mol. The zero-order chi connectivity index (χ0) is 70.0. The minimum Gasteiger partial charge on any atom is -0.504 e. The molecule has 0 saturated heterocycles. The van der Waals surface area contributed by atoms with Crippen LogP contribution >= 0.6 is 0 Å². The van der Waals surface area contributed by atoms with Gasteiger partial charge in [-0.3, -0.25) is 0 Å². The Bertz CT molecular complexity index is 4770. The molecule has 0 aliphatic carbocycles. The molecule has 0 fully saturated rings. The zero-order valence-corrected chi connectivity index (χ0v) is 47.1. The average molecular weight is 1330 g/mol. The Morgan fingerprint density at radius 3 is 0.510 bits per heavy atom. The number of hydrogen-bond donors (Lipinski definition) is 18. The number of ether oxygens (including phenoxy) is 8. The molecule has 0 unspecified atom stereocenters. The lowest BCUT2D eigenvalue weighted by molar-refractivity contribution is 0.0699. The van der Waals surface area contributed by atoms with E-state index >= 15 is 0 Å². The molecule has 9 aromatic rings. The van der Waals surface area contributed by atoms with Crippen molar-refractivity contribution in [3.05, 3.63) is 166 Å². The molecule has 0 atom stereocenters. The van der Waals surface area contributed by atoms with Crippen LogP contribution in [0.25, 0.3) is 0 Å². The Balaban J connectivity index is 0.847. The molecule has 0 bridgehead atoms. The Kier molecular flexibility index (Phi) is 17.7. The van der Waals surface area contributed by atoms with Gasteiger partial charge in [0, 0.05) is 6.07 Å². The van der Waals surface area contributed by atoms with E-state index in [1.807, 2.05) is 0 Å². The van der Waals surface area contributed by atoms with Gasteiger partial charge in [0.2, 0.25) is 34.5 Å². The molecule has 34 heteroatoms. The molecule has 9 aromatic carbocycles. The predicted molar refractivity (Wildman–Crippen MR) is 308 cm³/mol. The van der Waals surface area contributed by atoms with Gasteiger partial charge < -0.3 is 130 Å². The average Bonchev–Trinajstić information content (AvgIpc) is 0.853. The lowest BCUT2D eigenvalue weighted by Crippen LogP contribution is -2.14. The number of aromatic hydroxyl groups is 18. The van der Waals surface area contributed by atoms with Crippen molar-refractivity contribution in [2.24, 2.45) is 0 Å². The van der Waals surface area contributed by atoms with Gasteiger partial charge in [0.15, 0.2) is 103 Å². The second-order valence-corrected chi connectivity index (χ2v) is 19.4. The normalized spacial score (nSPS) is 10.8. The highest BCUT2D eigenvalue weighted by Crippen LogP contribution is 2.46. The molecule has 0 aromatic heterocycles. The molecule has 0 aliphatic rings. The molecular formula is C62H38O34. The minimum absolute atomic E-state index is 0.386. The summed E-state index contributed by atoms with van der Waals surface area (Å²) in [6.45, 7) is 0. The zero-order valence-electron chi connectivity index (χ0n) is 47.1. The van der Waals surface area contributed by atoms with E-state index in [2.05, 4.69) is 0 Å². The summed E-state index contributed by atoms with van der Waals surface area (Å²) in [4.78, 5) is 106. The number of benzene rings is 9. The van der Waals surface area contributed by atoms with Gasteiger partial charge in [0.05, 0.1) is 44.5 Å². The fourth-order valence-electron chi connectivity index (χ4n) is 8.06. The molecule has 34 nitrogen and oxygen atoms in total. The highest BCUT2D eigenvalue weighted by molar-refractivity contribution is 6.00. The summed E-state index contributed by atoms with van der Waals surface area (Å²) in [5.74, 6) is -37.6. The van der Waals surface area contributed by atoms with Gasteiger partial charge in [-0.25, -0.2) is 38.4 Å². The van der Waals surface area contributed by atoms with Crippen LogP contribution in [0.1, 0.15) is 82.9 Å². The minimum atomic E-state index is -1.59. The molecule has 96 heavy (non-hydrogen) atoms. The number of esters is 8. The highest BCUT2D eigenvalue weighted by Gasteiger charge is 2.29. The van der Waals surface area contributed by atoms with E-state index in [4.69, 9.17) is 37.9 Å². The quantitative estimate of drug-likeness (QED) is 0.0293. The summed E-state index contributed by atoms with van der Waals surface area (Å²) in [6, 6.07) is 14.5. The van der Waals surface area contributed by atoms with Crippen LogP contribution in [0.3, 0.4) is 0 Å². The maximum atomic E-state index is 13.5. The van der Waals surface area contributed by atoms with Gasteiger partial charge >= 0.3 is 47.8 Å². The summed E-state index contributed by atoms with van der Waals surface area (Å²) in [7, 11) is 0. The topological polar surface area (TPSA) is 575 Å². The van der Waals surface area contributed by atoms with E-state index in [0.717, 1.165) is 18.2 Å². The molecule has 0 heterocycles. The van der Waals surface area contributed by atoms with E-state index < -0.39 is 236 Å². The summed E-state index contributed by atoms with van der Waals surface area (Å²) in [5.41, 5.74) is -5.47. The van der Waals surface area contributed by atoms with Crippen molar-refractivity contribution in [1.82, 2.24) is 0 Å². The fraction of sp³-hybridized carbons (Fsp3) is 0. The van der Waals surface area contributed by atoms with Crippen molar-refractivity contribution in [3.63, 3.8) is 0 Å². The number of carbonyl (C=O) groups is 8. The Morgan fingerprint density at radius 1 is 0.188 bits per heavy atom. The van der Waals surface area contributed by atoms with Crippen LogP contribution in [-0.2, 0) is 0 Å². The Morgan fingerprint density at radius 2 is 0.333 bits per heavy atom. The summed E-state index contributed by atoms with van der Waals surface area (Å²) in [5, 5.41) is 184. The first-order valence-corrected chi connectivity index (χ1v) is 26.0. The van der Waals surface area contributed by atoms with Gasteiger partial charge in [-0.05, 0) is 109 Å². The summed E-state index contributed by atoms with van der Waals surface area (Å²) < 4.78 is 41.0. The Hall–Kier alpha value is -14.9. The molecule has 0 radical (unpaired) electrons. The second kappa shape index (κ2) is 25.9. The lowest BCUT2D eigenvalue weighted by atomic mass is 10.1. The lowest BCUT2D eigenvalue weighted by Gasteiger charge is -2.14. The first-order valence-electron chi connectivity index (χ1n) is 26.0. The molecule has 0 aliphatic heterocycles. The number of phenolic OH excluding ortho intramolecular Hbond substituents is 18. The van der Waals surface area contributed by atoms with E-state index in [1.54, 1.807) is 0 Å². The predicted octanol–water partition coefficient (Wildman–Crippen LogP) is 6.14. The van der Waals surface area contributed by atoms with Gasteiger partial charge in [0.1, 0.15) is 11.5 Å². The van der Waals surface area contributed by atoms with Gasteiger partial charge in [-0.2, -0.15) is 0 Å².